The summed E-state index contributed by atoms with van der Waals surface area (Å²) in [6.07, 6.45) is 1.88. The first-order valence-corrected chi connectivity index (χ1v) is 5.97. The molecule has 2 aromatic rings. The number of hydrogen-bond donors (Lipinski definition) is 0. The lowest BCUT2D eigenvalue weighted by atomic mass is 10.1. The first-order chi connectivity index (χ1) is 8.70. The number of benzene rings is 2. The van der Waals surface area contributed by atoms with Crippen LogP contribution >= 0.6 is 0 Å². The van der Waals surface area contributed by atoms with E-state index >= 15 is 0 Å². The lowest BCUT2D eigenvalue weighted by Crippen LogP contribution is -2.09. The van der Waals surface area contributed by atoms with E-state index in [4.69, 9.17) is 0 Å². The Labute approximate surface area is 109 Å². The second-order valence-corrected chi connectivity index (χ2v) is 4.34. The highest BCUT2D eigenvalue weighted by Crippen LogP contribution is 2.25. The van der Waals surface area contributed by atoms with Crippen molar-refractivity contribution in [1.29, 1.82) is 0 Å². The molecule has 1 nitrogen and oxygen atoms in total. The number of hydrogen-bond acceptors (Lipinski definition) is 1. The monoisotopic (exact) mass is 235 g/mol. The molecule has 0 atom stereocenters. The summed E-state index contributed by atoms with van der Waals surface area (Å²) in [6, 6.07) is 16.8. The third-order valence-corrected chi connectivity index (χ3v) is 2.92. The average Bonchev–Trinajstić information content (AvgIpc) is 2.39. The molecular formula is C17H17N. The van der Waals surface area contributed by atoms with Crippen molar-refractivity contribution in [3.63, 3.8) is 0 Å². The minimum absolute atomic E-state index is 1.11. The summed E-state index contributed by atoms with van der Waals surface area (Å²) in [5.74, 6) is 0. The first kappa shape index (κ1) is 12.2. The second kappa shape index (κ2) is 5.39. The van der Waals surface area contributed by atoms with Crippen LogP contribution in [0.1, 0.15) is 11.1 Å². The van der Waals surface area contributed by atoms with Gasteiger partial charge in [-0.1, -0.05) is 30.8 Å². The quantitative estimate of drug-likeness (QED) is 0.705. The molecule has 0 heterocycles. The molecule has 0 aliphatic carbocycles. The molecule has 1 heteroatoms. The Morgan fingerprint density at radius 1 is 1.06 bits per heavy atom. The van der Waals surface area contributed by atoms with Crippen LogP contribution in [-0.4, -0.2) is 7.05 Å². The average molecular weight is 235 g/mol. The van der Waals surface area contributed by atoms with Crippen molar-refractivity contribution in [2.24, 2.45) is 0 Å². The molecule has 2 aromatic carbocycles. The fourth-order valence-electron chi connectivity index (χ4n) is 1.93. The molecule has 0 saturated carbocycles. The van der Waals surface area contributed by atoms with E-state index in [2.05, 4.69) is 67.6 Å². The zero-order valence-corrected chi connectivity index (χ0v) is 10.9. The highest BCUT2D eigenvalue weighted by Gasteiger charge is 2.03. The van der Waals surface area contributed by atoms with Gasteiger partial charge in [0.05, 0.1) is 0 Å². The molecule has 0 spiro atoms. The van der Waals surface area contributed by atoms with E-state index in [-0.39, 0.29) is 0 Å². The van der Waals surface area contributed by atoms with Crippen molar-refractivity contribution in [3.05, 3.63) is 72.0 Å². The number of anilines is 2. The zero-order chi connectivity index (χ0) is 13.0. The van der Waals surface area contributed by atoms with Crippen molar-refractivity contribution in [2.45, 2.75) is 6.92 Å². The van der Waals surface area contributed by atoms with E-state index < -0.39 is 0 Å². The minimum Gasteiger partial charge on any atom is -0.345 e. The number of rotatable bonds is 3. The van der Waals surface area contributed by atoms with Gasteiger partial charge >= 0.3 is 0 Å². The number of nitrogens with zero attached hydrogens (tertiary/aromatic N) is 1. The van der Waals surface area contributed by atoms with Gasteiger partial charge in [-0.15, -0.1) is 5.73 Å². The third-order valence-electron chi connectivity index (χ3n) is 2.92. The summed E-state index contributed by atoms with van der Waals surface area (Å²) in [5, 5.41) is 0. The molecule has 0 unspecified atom stereocenters. The number of aryl methyl sites for hydroxylation is 1. The summed E-state index contributed by atoms with van der Waals surface area (Å²) < 4.78 is 0. The van der Waals surface area contributed by atoms with Gasteiger partial charge in [-0.2, -0.15) is 0 Å². The van der Waals surface area contributed by atoms with Gasteiger partial charge in [0, 0.05) is 18.4 Å². The molecule has 0 bridgehead atoms. The van der Waals surface area contributed by atoms with E-state index in [1.165, 1.54) is 11.3 Å². The molecular weight excluding hydrogens is 218 g/mol. The van der Waals surface area contributed by atoms with Crippen LogP contribution < -0.4 is 4.90 Å². The van der Waals surface area contributed by atoms with Crippen molar-refractivity contribution in [3.8, 4) is 0 Å². The minimum atomic E-state index is 1.11. The Morgan fingerprint density at radius 2 is 1.72 bits per heavy atom. The molecule has 2 rings (SSSR count). The van der Waals surface area contributed by atoms with Crippen molar-refractivity contribution in [2.75, 3.05) is 11.9 Å². The molecule has 0 aliphatic rings. The van der Waals surface area contributed by atoms with Crippen LogP contribution in [0.3, 0.4) is 0 Å². The molecule has 0 N–H and O–H groups in total. The summed E-state index contributed by atoms with van der Waals surface area (Å²) >= 11 is 0. The fourth-order valence-corrected chi connectivity index (χ4v) is 1.93. The van der Waals surface area contributed by atoms with E-state index in [1.54, 1.807) is 0 Å². The van der Waals surface area contributed by atoms with Gasteiger partial charge in [0.15, 0.2) is 0 Å². The van der Waals surface area contributed by atoms with E-state index in [0.717, 1.165) is 11.3 Å². The van der Waals surface area contributed by atoms with Crippen LogP contribution in [0.5, 0.6) is 0 Å². The van der Waals surface area contributed by atoms with E-state index in [9.17, 15) is 0 Å². The largest absolute Gasteiger partial charge is 0.345 e. The van der Waals surface area contributed by atoms with Gasteiger partial charge in [0.25, 0.3) is 0 Å². The normalized spacial score (nSPS) is 9.67. The highest BCUT2D eigenvalue weighted by atomic mass is 15.1. The van der Waals surface area contributed by atoms with Crippen molar-refractivity contribution >= 4 is 17.5 Å². The molecule has 0 saturated heterocycles. The van der Waals surface area contributed by atoms with Gasteiger partial charge in [0.1, 0.15) is 0 Å². The maximum atomic E-state index is 3.61. The molecule has 18 heavy (non-hydrogen) atoms. The van der Waals surface area contributed by atoms with Gasteiger partial charge < -0.3 is 4.90 Å². The standard InChI is InChI=1S/C17H17N/c1-4-7-15-9-6-11-17(13-15)18(3)16-10-5-8-14(2)12-16/h5-13H,1H2,2-3H3. The van der Waals surface area contributed by atoms with Crippen LogP contribution in [0.25, 0.3) is 6.08 Å². The summed E-state index contributed by atoms with van der Waals surface area (Å²) in [7, 11) is 2.07. The molecule has 0 aliphatic heterocycles. The van der Waals surface area contributed by atoms with Crippen molar-refractivity contribution < 1.29 is 0 Å². The van der Waals surface area contributed by atoms with Crippen LogP contribution in [-0.2, 0) is 0 Å². The van der Waals surface area contributed by atoms with Crippen LogP contribution in [0.4, 0.5) is 11.4 Å². The smallest absolute Gasteiger partial charge is 0.0414 e. The first-order valence-electron chi connectivity index (χ1n) is 5.97. The Morgan fingerprint density at radius 3 is 2.39 bits per heavy atom. The lowest BCUT2D eigenvalue weighted by Gasteiger charge is -2.20. The van der Waals surface area contributed by atoms with Crippen LogP contribution in [0.15, 0.2) is 60.8 Å². The molecule has 90 valence electrons. The Hall–Kier alpha value is -2.24. The summed E-state index contributed by atoms with van der Waals surface area (Å²) in [4.78, 5) is 2.17. The summed E-state index contributed by atoms with van der Waals surface area (Å²) in [5.41, 5.74) is 7.53. The Bertz CT molecular complexity index is 592. The second-order valence-electron chi connectivity index (χ2n) is 4.34. The van der Waals surface area contributed by atoms with Gasteiger partial charge in [-0.05, 0) is 48.4 Å². The molecule has 0 amide bonds. The van der Waals surface area contributed by atoms with Gasteiger partial charge in [-0.3, -0.25) is 0 Å². The van der Waals surface area contributed by atoms with Gasteiger partial charge in [-0.25, -0.2) is 0 Å². The maximum Gasteiger partial charge on any atom is 0.0414 e. The predicted octanol–water partition coefficient (Wildman–Crippen LogP) is 4.56. The topological polar surface area (TPSA) is 3.24 Å². The van der Waals surface area contributed by atoms with E-state index in [1.807, 2.05) is 18.2 Å². The SMILES string of the molecule is C=C=Cc1cccc(N(C)c2cccc(C)c2)c1. The Kier molecular flexibility index (Phi) is 3.66. The lowest BCUT2D eigenvalue weighted by molar-refractivity contribution is 1.20. The molecule has 0 fully saturated rings. The zero-order valence-electron chi connectivity index (χ0n) is 10.9. The molecule has 0 radical (unpaired) electrons. The van der Waals surface area contributed by atoms with E-state index in [0.29, 0.717) is 0 Å². The Balaban J connectivity index is 2.36. The summed E-state index contributed by atoms with van der Waals surface area (Å²) in [6.45, 7) is 5.71. The maximum absolute atomic E-state index is 3.61. The fraction of sp³-hybridized carbons (Fsp3) is 0.118. The van der Waals surface area contributed by atoms with Crippen LogP contribution in [0, 0.1) is 6.92 Å². The van der Waals surface area contributed by atoms with Crippen molar-refractivity contribution in [1.82, 2.24) is 0 Å². The van der Waals surface area contributed by atoms with Crippen LogP contribution in [0.2, 0.25) is 0 Å². The predicted molar refractivity (Wildman–Crippen MR) is 79.3 cm³/mol. The third kappa shape index (κ3) is 2.71. The molecule has 0 aromatic heterocycles. The van der Waals surface area contributed by atoms with Gasteiger partial charge in [0.2, 0.25) is 0 Å². The highest BCUT2D eigenvalue weighted by molar-refractivity contribution is 5.66.